The molecule has 1 amide bonds. The summed E-state index contributed by atoms with van der Waals surface area (Å²) in [6.07, 6.45) is 0.488. The Hall–Kier alpha value is -2.18. The van der Waals surface area contributed by atoms with Gasteiger partial charge in [0.1, 0.15) is 11.3 Å². The molecule has 0 spiro atoms. The third-order valence-corrected chi connectivity index (χ3v) is 3.64. The smallest absolute Gasteiger partial charge is 0.267 e. The van der Waals surface area contributed by atoms with Crippen LogP contribution in [0.15, 0.2) is 35.1 Å². The number of carbonyl (C=O) groups is 1. The van der Waals surface area contributed by atoms with Crippen LogP contribution in [0.5, 0.6) is 0 Å². The Morgan fingerprint density at radius 1 is 1.43 bits per heavy atom. The highest BCUT2D eigenvalue weighted by molar-refractivity contribution is 5.94. The number of para-hydroxylation sites is 1. The molecular formula is C15H16N2O4. The summed E-state index contributed by atoms with van der Waals surface area (Å²) in [5.74, 6) is -0.418. The molecule has 3 N–H and O–H groups in total. The van der Waals surface area contributed by atoms with Crippen LogP contribution in [0.1, 0.15) is 16.9 Å². The minimum absolute atomic E-state index is 0.0979. The average molecular weight is 288 g/mol. The van der Waals surface area contributed by atoms with Gasteiger partial charge < -0.3 is 20.1 Å². The number of hydrogen-bond donors (Lipinski definition) is 3. The molecule has 1 atom stereocenters. The van der Waals surface area contributed by atoms with Gasteiger partial charge in [0.15, 0.2) is 5.43 Å². The number of aliphatic hydroxyl groups is 1. The van der Waals surface area contributed by atoms with Crippen LogP contribution in [0.2, 0.25) is 0 Å². The van der Waals surface area contributed by atoms with Crippen molar-refractivity contribution in [2.24, 2.45) is 0 Å². The average Bonchev–Trinajstić information content (AvgIpc) is 2.92. The molecule has 2 aromatic rings. The minimum Gasteiger partial charge on any atom is -0.386 e. The number of aromatic amines is 1. The second kappa shape index (κ2) is 5.31. The monoisotopic (exact) mass is 288 g/mol. The number of rotatable bonds is 3. The molecule has 0 radical (unpaired) electrons. The Kier molecular flexibility index (Phi) is 3.48. The highest BCUT2D eigenvalue weighted by atomic mass is 16.5. The van der Waals surface area contributed by atoms with Crippen LogP contribution in [0.25, 0.3) is 10.9 Å². The standard InChI is InChI=1S/C15H16N2O4/c18-13-7-12(17-11-4-2-1-3-10(11)13)14(19)16-8-15(20)5-6-21-9-15/h1-4,7,20H,5-6,8-9H2,(H,16,19)(H,17,18). The number of amides is 1. The predicted molar refractivity (Wildman–Crippen MR) is 77.3 cm³/mol. The van der Waals surface area contributed by atoms with Gasteiger partial charge >= 0.3 is 0 Å². The van der Waals surface area contributed by atoms with Crippen LogP contribution < -0.4 is 10.7 Å². The molecule has 2 heterocycles. The molecule has 1 aliphatic rings. The summed E-state index contributed by atoms with van der Waals surface area (Å²) in [6.45, 7) is 0.793. The molecule has 1 aromatic carbocycles. The zero-order chi connectivity index (χ0) is 14.9. The first-order valence-electron chi connectivity index (χ1n) is 6.78. The third-order valence-electron chi connectivity index (χ3n) is 3.64. The lowest BCUT2D eigenvalue weighted by Crippen LogP contribution is -2.43. The van der Waals surface area contributed by atoms with Crippen LogP contribution in [0, 0.1) is 0 Å². The van der Waals surface area contributed by atoms with E-state index in [9.17, 15) is 14.7 Å². The third kappa shape index (κ3) is 2.81. The summed E-state index contributed by atoms with van der Waals surface area (Å²) >= 11 is 0. The Bertz CT molecular complexity index is 732. The largest absolute Gasteiger partial charge is 0.386 e. The van der Waals surface area contributed by atoms with E-state index in [1.807, 2.05) is 0 Å². The van der Waals surface area contributed by atoms with E-state index >= 15 is 0 Å². The predicted octanol–water partition coefficient (Wildman–Crippen LogP) is 0.409. The lowest BCUT2D eigenvalue weighted by molar-refractivity contribution is 0.0264. The van der Waals surface area contributed by atoms with Crippen LogP contribution in [-0.4, -0.2) is 41.4 Å². The van der Waals surface area contributed by atoms with E-state index < -0.39 is 11.5 Å². The van der Waals surface area contributed by atoms with E-state index in [0.29, 0.717) is 23.9 Å². The van der Waals surface area contributed by atoms with Gasteiger partial charge in [-0.15, -0.1) is 0 Å². The fraction of sp³-hybridized carbons (Fsp3) is 0.333. The van der Waals surface area contributed by atoms with Crippen LogP contribution in [0.3, 0.4) is 0 Å². The van der Waals surface area contributed by atoms with Gasteiger partial charge in [0.05, 0.1) is 6.61 Å². The summed E-state index contributed by atoms with van der Waals surface area (Å²) in [5, 5.41) is 13.3. The van der Waals surface area contributed by atoms with Crippen LogP contribution >= 0.6 is 0 Å². The molecular weight excluding hydrogens is 272 g/mol. The zero-order valence-corrected chi connectivity index (χ0v) is 11.4. The van der Waals surface area contributed by atoms with Crippen molar-refractivity contribution in [2.75, 3.05) is 19.8 Å². The molecule has 1 aromatic heterocycles. The molecule has 0 bridgehead atoms. The molecule has 6 heteroatoms. The maximum atomic E-state index is 12.1. The molecule has 3 rings (SSSR count). The fourth-order valence-electron chi connectivity index (χ4n) is 2.40. The van der Waals surface area contributed by atoms with Crippen molar-refractivity contribution in [3.05, 3.63) is 46.2 Å². The highest BCUT2D eigenvalue weighted by Crippen LogP contribution is 2.17. The summed E-state index contributed by atoms with van der Waals surface area (Å²) in [7, 11) is 0. The second-order valence-corrected chi connectivity index (χ2v) is 5.30. The molecule has 110 valence electrons. The number of nitrogens with one attached hydrogen (secondary N) is 2. The van der Waals surface area contributed by atoms with Crippen molar-refractivity contribution in [2.45, 2.75) is 12.0 Å². The Morgan fingerprint density at radius 2 is 2.24 bits per heavy atom. The van der Waals surface area contributed by atoms with Gasteiger partial charge in [-0.2, -0.15) is 0 Å². The number of hydrogen-bond acceptors (Lipinski definition) is 4. The highest BCUT2D eigenvalue weighted by Gasteiger charge is 2.32. The first-order chi connectivity index (χ1) is 10.1. The van der Waals surface area contributed by atoms with Gasteiger partial charge in [0.2, 0.25) is 0 Å². The maximum Gasteiger partial charge on any atom is 0.267 e. The lowest BCUT2D eigenvalue weighted by Gasteiger charge is -2.20. The van der Waals surface area contributed by atoms with Gasteiger partial charge in [0.25, 0.3) is 5.91 Å². The number of H-pyrrole nitrogens is 1. The Balaban J connectivity index is 1.80. The number of pyridine rings is 1. The summed E-state index contributed by atoms with van der Waals surface area (Å²) in [6, 6.07) is 8.28. The molecule has 0 aliphatic carbocycles. The van der Waals surface area contributed by atoms with E-state index in [-0.39, 0.29) is 24.3 Å². The van der Waals surface area contributed by atoms with Crippen molar-refractivity contribution < 1.29 is 14.6 Å². The van der Waals surface area contributed by atoms with Crippen LogP contribution in [0.4, 0.5) is 0 Å². The van der Waals surface area contributed by atoms with Crippen molar-refractivity contribution in [1.29, 1.82) is 0 Å². The fourth-order valence-corrected chi connectivity index (χ4v) is 2.40. The first-order valence-corrected chi connectivity index (χ1v) is 6.78. The Labute approximate surface area is 120 Å². The van der Waals surface area contributed by atoms with Gasteiger partial charge in [-0.3, -0.25) is 9.59 Å². The zero-order valence-electron chi connectivity index (χ0n) is 11.4. The van der Waals surface area contributed by atoms with Crippen molar-refractivity contribution in [1.82, 2.24) is 10.3 Å². The van der Waals surface area contributed by atoms with Gasteiger partial charge in [0, 0.05) is 36.5 Å². The normalized spacial score (nSPS) is 21.6. The Morgan fingerprint density at radius 3 is 3.00 bits per heavy atom. The molecule has 6 nitrogen and oxygen atoms in total. The molecule has 0 saturated carbocycles. The van der Waals surface area contributed by atoms with E-state index in [2.05, 4.69) is 10.3 Å². The number of benzene rings is 1. The molecule has 21 heavy (non-hydrogen) atoms. The first kappa shape index (κ1) is 13.8. The van der Waals surface area contributed by atoms with E-state index in [0.717, 1.165) is 0 Å². The van der Waals surface area contributed by atoms with Crippen LogP contribution in [-0.2, 0) is 4.74 Å². The van der Waals surface area contributed by atoms with Gasteiger partial charge in [-0.1, -0.05) is 12.1 Å². The maximum absolute atomic E-state index is 12.1. The molecule has 1 saturated heterocycles. The lowest BCUT2D eigenvalue weighted by atomic mass is 10.0. The van der Waals surface area contributed by atoms with Crippen molar-refractivity contribution >= 4 is 16.8 Å². The topological polar surface area (TPSA) is 91.4 Å². The molecule has 1 unspecified atom stereocenters. The minimum atomic E-state index is -1.02. The van der Waals surface area contributed by atoms with Crippen molar-refractivity contribution in [3.63, 3.8) is 0 Å². The van der Waals surface area contributed by atoms with Gasteiger partial charge in [-0.05, 0) is 12.1 Å². The SMILES string of the molecule is O=C(NCC1(O)CCOC1)c1cc(=O)c2ccccc2[nH]1. The van der Waals surface area contributed by atoms with E-state index in [4.69, 9.17) is 4.74 Å². The summed E-state index contributed by atoms with van der Waals surface area (Å²) < 4.78 is 5.12. The van der Waals surface area contributed by atoms with E-state index in [1.165, 1.54) is 6.07 Å². The summed E-state index contributed by atoms with van der Waals surface area (Å²) in [5.41, 5.74) is -0.441. The van der Waals surface area contributed by atoms with Crippen molar-refractivity contribution in [3.8, 4) is 0 Å². The number of fused-ring (bicyclic) bond motifs is 1. The quantitative estimate of drug-likeness (QED) is 0.763. The number of aromatic nitrogens is 1. The number of carbonyl (C=O) groups excluding carboxylic acids is 1. The molecule has 1 aliphatic heterocycles. The number of ether oxygens (including phenoxy) is 1. The molecule has 1 fully saturated rings. The van der Waals surface area contributed by atoms with E-state index in [1.54, 1.807) is 24.3 Å². The summed E-state index contributed by atoms with van der Waals surface area (Å²) in [4.78, 5) is 27.0. The second-order valence-electron chi connectivity index (χ2n) is 5.30. The van der Waals surface area contributed by atoms with Gasteiger partial charge in [-0.25, -0.2) is 0 Å².